The average molecular weight is 298 g/mol. The molecule has 82 valence electrons. The van der Waals surface area contributed by atoms with Crippen LogP contribution in [0.25, 0.3) is 0 Å². The van der Waals surface area contributed by atoms with Crippen LogP contribution < -0.4 is 0 Å². The molecule has 0 fully saturated rings. The molecule has 1 aromatic heterocycles. The van der Waals surface area contributed by atoms with Crippen LogP contribution in [-0.4, -0.2) is 9.97 Å². The quantitative estimate of drug-likeness (QED) is 0.788. The van der Waals surface area contributed by atoms with Crippen molar-refractivity contribution in [3.8, 4) is 0 Å². The number of aromatic nitrogens is 2. The van der Waals surface area contributed by atoms with Crippen LogP contribution in [0.3, 0.4) is 0 Å². The van der Waals surface area contributed by atoms with Crippen molar-refractivity contribution in [1.29, 1.82) is 0 Å². The Labute approximate surface area is 108 Å². The van der Waals surface area contributed by atoms with E-state index in [4.69, 9.17) is 11.6 Å². The van der Waals surface area contributed by atoms with Gasteiger partial charge in [-0.05, 0) is 30.7 Å². The molecule has 0 atom stereocenters. The zero-order chi connectivity index (χ0) is 11.5. The lowest BCUT2D eigenvalue weighted by molar-refractivity contribution is 0.942. The fourth-order valence-corrected chi connectivity index (χ4v) is 2.20. The predicted octanol–water partition coefficient (Wildman–Crippen LogP) is 3.79. The highest BCUT2D eigenvalue weighted by atomic mass is 79.9. The Bertz CT molecular complexity index is 494. The molecule has 0 aliphatic heterocycles. The van der Waals surface area contributed by atoms with E-state index >= 15 is 0 Å². The van der Waals surface area contributed by atoms with E-state index in [1.165, 1.54) is 0 Å². The molecule has 2 rings (SSSR count). The summed E-state index contributed by atoms with van der Waals surface area (Å²) in [7, 11) is 0. The van der Waals surface area contributed by atoms with E-state index < -0.39 is 0 Å². The summed E-state index contributed by atoms with van der Waals surface area (Å²) in [6, 6.07) is 9.85. The second-order valence-electron chi connectivity index (χ2n) is 3.55. The van der Waals surface area contributed by atoms with Gasteiger partial charge in [0.1, 0.15) is 11.0 Å². The molecule has 0 radical (unpaired) electrons. The molecule has 0 amide bonds. The number of nitrogens with zero attached hydrogens (tertiary/aromatic N) is 2. The van der Waals surface area contributed by atoms with Crippen molar-refractivity contribution in [3.63, 3.8) is 0 Å². The van der Waals surface area contributed by atoms with Crippen LogP contribution in [0.2, 0.25) is 5.15 Å². The van der Waals surface area contributed by atoms with E-state index in [1.807, 2.05) is 25.1 Å². The SMILES string of the molecule is Cc1cc(Cl)nc(Cc2cccc(Br)c2)n1. The van der Waals surface area contributed by atoms with Gasteiger partial charge in [0.05, 0.1) is 0 Å². The van der Waals surface area contributed by atoms with Gasteiger partial charge in [0.25, 0.3) is 0 Å². The third kappa shape index (κ3) is 3.03. The summed E-state index contributed by atoms with van der Waals surface area (Å²) in [5.41, 5.74) is 2.06. The van der Waals surface area contributed by atoms with Crippen LogP contribution in [0.15, 0.2) is 34.8 Å². The lowest BCUT2D eigenvalue weighted by Gasteiger charge is -2.03. The van der Waals surface area contributed by atoms with Gasteiger partial charge in [0.15, 0.2) is 0 Å². The lowest BCUT2D eigenvalue weighted by atomic mass is 10.1. The van der Waals surface area contributed by atoms with Gasteiger partial charge >= 0.3 is 0 Å². The summed E-state index contributed by atoms with van der Waals surface area (Å²) < 4.78 is 1.06. The number of rotatable bonds is 2. The van der Waals surface area contributed by atoms with Crippen LogP contribution in [0.4, 0.5) is 0 Å². The zero-order valence-corrected chi connectivity index (χ0v) is 11.1. The van der Waals surface area contributed by atoms with Crippen LogP contribution in [0.5, 0.6) is 0 Å². The fourth-order valence-electron chi connectivity index (χ4n) is 1.50. The standard InChI is InChI=1S/C12H10BrClN2/c1-8-5-11(14)16-12(15-8)7-9-3-2-4-10(13)6-9/h2-6H,7H2,1H3. The fraction of sp³-hybridized carbons (Fsp3) is 0.167. The molecule has 0 aliphatic carbocycles. The summed E-state index contributed by atoms with van der Waals surface area (Å²) in [5, 5.41) is 0.498. The first-order chi connectivity index (χ1) is 7.63. The van der Waals surface area contributed by atoms with Crippen molar-refractivity contribution in [3.05, 3.63) is 57.0 Å². The summed E-state index contributed by atoms with van der Waals surface area (Å²) in [4.78, 5) is 8.55. The Morgan fingerprint density at radius 1 is 1.25 bits per heavy atom. The Balaban J connectivity index is 2.27. The highest BCUT2D eigenvalue weighted by Gasteiger charge is 2.02. The zero-order valence-electron chi connectivity index (χ0n) is 8.74. The van der Waals surface area contributed by atoms with Crippen LogP contribution in [0.1, 0.15) is 17.1 Å². The monoisotopic (exact) mass is 296 g/mol. The summed E-state index contributed by atoms with van der Waals surface area (Å²) in [6.45, 7) is 1.91. The minimum Gasteiger partial charge on any atom is -0.238 e. The number of hydrogen-bond donors (Lipinski definition) is 0. The highest BCUT2D eigenvalue weighted by Crippen LogP contribution is 2.15. The van der Waals surface area contributed by atoms with Crippen molar-refractivity contribution >= 4 is 27.5 Å². The van der Waals surface area contributed by atoms with E-state index in [9.17, 15) is 0 Å². The van der Waals surface area contributed by atoms with Crippen molar-refractivity contribution in [2.75, 3.05) is 0 Å². The molecule has 0 saturated heterocycles. The van der Waals surface area contributed by atoms with Gasteiger partial charge in [-0.3, -0.25) is 0 Å². The van der Waals surface area contributed by atoms with Gasteiger partial charge in [-0.2, -0.15) is 0 Å². The van der Waals surface area contributed by atoms with Crippen molar-refractivity contribution in [2.24, 2.45) is 0 Å². The molecule has 0 spiro atoms. The normalized spacial score (nSPS) is 10.4. The Kier molecular flexibility index (Phi) is 3.56. The molecule has 1 heterocycles. The van der Waals surface area contributed by atoms with E-state index in [-0.39, 0.29) is 0 Å². The maximum absolute atomic E-state index is 5.89. The second-order valence-corrected chi connectivity index (χ2v) is 4.86. The lowest BCUT2D eigenvalue weighted by Crippen LogP contribution is -1.98. The summed E-state index contributed by atoms with van der Waals surface area (Å²) >= 11 is 9.32. The van der Waals surface area contributed by atoms with Crippen molar-refractivity contribution in [2.45, 2.75) is 13.3 Å². The minimum atomic E-state index is 0.498. The smallest absolute Gasteiger partial charge is 0.134 e. The van der Waals surface area contributed by atoms with Gasteiger partial charge in [-0.1, -0.05) is 39.7 Å². The van der Waals surface area contributed by atoms with Gasteiger partial charge in [-0.25, -0.2) is 9.97 Å². The molecule has 2 aromatic rings. The van der Waals surface area contributed by atoms with Gasteiger partial charge in [0, 0.05) is 16.6 Å². The molecule has 0 saturated carbocycles. The van der Waals surface area contributed by atoms with Crippen LogP contribution in [0, 0.1) is 6.92 Å². The molecular weight excluding hydrogens is 288 g/mol. The van der Waals surface area contributed by atoms with E-state index in [0.29, 0.717) is 11.6 Å². The molecule has 0 N–H and O–H groups in total. The Hall–Kier alpha value is -0.930. The molecule has 2 nitrogen and oxygen atoms in total. The third-order valence-corrected chi connectivity index (χ3v) is 2.81. The largest absolute Gasteiger partial charge is 0.238 e. The Morgan fingerprint density at radius 3 is 2.75 bits per heavy atom. The van der Waals surface area contributed by atoms with Crippen molar-refractivity contribution < 1.29 is 0 Å². The van der Waals surface area contributed by atoms with E-state index in [2.05, 4.69) is 32.0 Å². The first-order valence-corrected chi connectivity index (χ1v) is 6.05. The first kappa shape index (κ1) is 11.6. The molecule has 0 aliphatic rings. The third-order valence-electron chi connectivity index (χ3n) is 2.12. The number of aryl methyl sites for hydroxylation is 1. The van der Waals surface area contributed by atoms with E-state index in [0.717, 1.165) is 21.6 Å². The van der Waals surface area contributed by atoms with Crippen molar-refractivity contribution in [1.82, 2.24) is 9.97 Å². The maximum atomic E-state index is 5.89. The van der Waals surface area contributed by atoms with Gasteiger partial charge < -0.3 is 0 Å². The molecule has 1 aromatic carbocycles. The average Bonchev–Trinajstić information content (AvgIpc) is 2.15. The summed E-state index contributed by atoms with van der Waals surface area (Å²) in [5.74, 6) is 0.753. The molecule has 0 bridgehead atoms. The number of benzene rings is 1. The Morgan fingerprint density at radius 2 is 2.06 bits per heavy atom. The topological polar surface area (TPSA) is 25.8 Å². The van der Waals surface area contributed by atoms with Crippen LogP contribution >= 0.6 is 27.5 Å². The van der Waals surface area contributed by atoms with E-state index in [1.54, 1.807) is 6.07 Å². The molecule has 4 heteroatoms. The molecular formula is C12H10BrClN2. The number of hydrogen-bond acceptors (Lipinski definition) is 2. The number of halogens is 2. The predicted molar refractivity (Wildman–Crippen MR) is 68.7 cm³/mol. The van der Waals surface area contributed by atoms with Gasteiger partial charge in [0.2, 0.25) is 0 Å². The van der Waals surface area contributed by atoms with Gasteiger partial charge in [-0.15, -0.1) is 0 Å². The first-order valence-electron chi connectivity index (χ1n) is 4.88. The summed E-state index contributed by atoms with van der Waals surface area (Å²) in [6.07, 6.45) is 0.695. The maximum Gasteiger partial charge on any atom is 0.134 e. The second kappa shape index (κ2) is 4.93. The van der Waals surface area contributed by atoms with Crippen LogP contribution in [-0.2, 0) is 6.42 Å². The minimum absolute atomic E-state index is 0.498. The molecule has 16 heavy (non-hydrogen) atoms. The molecule has 0 unspecified atom stereocenters. The highest BCUT2D eigenvalue weighted by molar-refractivity contribution is 9.10.